The summed E-state index contributed by atoms with van der Waals surface area (Å²) in [4.78, 5) is 30.5. The van der Waals surface area contributed by atoms with Gasteiger partial charge >= 0.3 is 0 Å². The zero-order chi connectivity index (χ0) is 21.3. The third kappa shape index (κ3) is 3.78. The number of benzene rings is 3. The highest BCUT2D eigenvalue weighted by atomic mass is 32.2. The molecule has 6 heteroatoms. The van der Waals surface area contributed by atoms with Crippen LogP contribution in [0.5, 0.6) is 0 Å². The fourth-order valence-corrected chi connectivity index (χ4v) is 4.09. The van der Waals surface area contributed by atoms with E-state index in [2.05, 4.69) is 4.98 Å². The standard InChI is InChI=1S/C24H19FN2O2S/c1-15-11-12-17(13-16(15)2)27-23(29)19-8-4-6-10-21(19)26-24(27)30-14-22(28)18-7-3-5-9-20(18)25/h3-13H,14H2,1-2H3. The molecule has 4 nitrogen and oxygen atoms in total. The maximum atomic E-state index is 14.0. The largest absolute Gasteiger partial charge is 0.293 e. The fourth-order valence-electron chi connectivity index (χ4n) is 3.20. The molecule has 0 bridgehead atoms. The number of carbonyl (C=O) groups is 1. The molecular formula is C24H19FN2O2S. The molecule has 0 N–H and O–H groups in total. The molecule has 4 rings (SSSR count). The third-order valence-electron chi connectivity index (χ3n) is 5.00. The van der Waals surface area contributed by atoms with Gasteiger partial charge in [-0.3, -0.25) is 14.2 Å². The lowest BCUT2D eigenvalue weighted by Crippen LogP contribution is -2.22. The van der Waals surface area contributed by atoms with Crippen LogP contribution in [-0.4, -0.2) is 21.1 Å². The van der Waals surface area contributed by atoms with Crippen LogP contribution in [-0.2, 0) is 0 Å². The van der Waals surface area contributed by atoms with E-state index in [1.54, 1.807) is 30.3 Å². The highest BCUT2D eigenvalue weighted by Gasteiger charge is 2.17. The van der Waals surface area contributed by atoms with Crippen LogP contribution in [0.4, 0.5) is 4.39 Å². The van der Waals surface area contributed by atoms with Crippen molar-refractivity contribution in [3.05, 3.63) is 99.6 Å². The number of ketones is 1. The van der Waals surface area contributed by atoms with Crippen LogP contribution in [0.3, 0.4) is 0 Å². The van der Waals surface area contributed by atoms with Crippen LogP contribution in [0.2, 0.25) is 0 Å². The van der Waals surface area contributed by atoms with Crippen molar-refractivity contribution in [2.24, 2.45) is 0 Å². The molecule has 0 fully saturated rings. The Morgan fingerprint density at radius 1 is 1.00 bits per heavy atom. The number of halogens is 1. The van der Waals surface area contributed by atoms with Crippen molar-refractivity contribution in [1.82, 2.24) is 9.55 Å². The van der Waals surface area contributed by atoms with Crippen LogP contribution >= 0.6 is 11.8 Å². The van der Waals surface area contributed by atoms with Gasteiger partial charge < -0.3 is 0 Å². The van der Waals surface area contributed by atoms with Crippen molar-refractivity contribution in [1.29, 1.82) is 0 Å². The summed E-state index contributed by atoms with van der Waals surface area (Å²) in [5, 5.41) is 0.896. The van der Waals surface area contributed by atoms with Crippen molar-refractivity contribution in [2.75, 3.05) is 5.75 Å². The quantitative estimate of drug-likeness (QED) is 0.257. The van der Waals surface area contributed by atoms with Gasteiger partial charge in [0.05, 0.1) is 27.9 Å². The number of carbonyl (C=O) groups excluding carboxylic acids is 1. The molecule has 1 heterocycles. The van der Waals surface area contributed by atoms with E-state index in [4.69, 9.17) is 0 Å². The Kier molecular flexibility index (Phi) is 5.50. The number of fused-ring (bicyclic) bond motifs is 1. The summed E-state index contributed by atoms with van der Waals surface area (Å²) in [6.45, 7) is 3.98. The van der Waals surface area contributed by atoms with Crippen molar-refractivity contribution >= 4 is 28.4 Å². The first-order chi connectivity index (χ1) is 14.5. The predicted molar refractivity (Wildman–Crippen MR) is 118 cm³/mol. The Labute approximate surface area is 177 Å². The summed E-state index contributed by atoms with van der Waals surface area (Å²) >= 11 is 1.13. The monoisotopic (exact) mass is 418 g/mol. The number of nitrogens with zero attached hydrogens (tertiary/aromatic N) is 2. The summed E-state index contributed by atoms with van der Waals surface area (Å²) < 4.78 is 15.5. The van der Waals surface area contributed by atoms with Crippen LogP contribution in [0.1, 0.15) is 21.5 Å². The van der Waals surface area contributed by atoms with E-state index in [-0.39, 0.29) is 22.7 Å². The second kappa shape index (κ2) is 8.24. The van der Waals surface area contributed by atoms with E-state index >= 15 is 0 Å². The number of hydrogen-bond acceptors (Lipinski definition) is 4. The van der Waals surface area contributed by atoms with Gasteiger partial charge in [0.15, 0.2) is 10.9 Å². The second-order valence-electron chi connectivity index (χ2n) is 7.01. The molecule has 0 saturated carbocycles. The molecule has 0 aliphatic rings. The van der Waals surface area contributed by atoms with E-state index in [0.717, 1.165) is 22.9 Å². The summed E-state index contributed by atoms with van der Waals surface area (Å²) in [7, 11) is 0. The fraction of sp³-hybridized carbons (Fsp3) is 0.125. The summed E-state index contributed by atoms with van der Waals surface area (Å²) in [5.74, 6) is -0.940. The Morgan fingerprint density at radius 2 is 1.73 bits per heavy atom. The number of hydrogen-bond donors (Lipinski definition) is 0. The Morgan fingerprint density at radius 3 is 2.50 bits per heavy atom. The molecule has 30 heavy (non-hydrogen) atoms. The molecule has 0 radical (unpaired) electrons. The van der Waals surface area contributed by atoms with Crippen molar-refractivity contribution in [2.45, 2.75) is 19.0 Å². The van der Waals surface area contributed by atoms with Crippen LogP contribution in [0, 0.1) is 19.7 Å². The molecule has 0 aliphatic carbocycles. The van der Waals surface area contributed by atoms with Crippen LogP contribution < -0.4 is 5.56 Å². The lowest BCUT2D eigenvalue weighted by atomic mass is 10.1. The molecule has 0 spiro atoms. The Bertz CT molecular complexity index is 1330. The minimum atomic E-state index is -0.555. The predicted octanol–water partition coefficient (Wildman–Crippen LogP) is 5.12. The topological polar surface area (TPSA) is 52.0 Å². The van der Waals surface area contributed by atoms with E-state index in [0.29, 0.717) is 21.7 Å². The minimum Gasteiger partial charge on any atom is -0.293 e. The zero-order valence-corrected chi connectivity index (χ0v) is 17.4. The summed E-state index contributed by atoms with van der Waals surface area (Å²) in [6, 6.07) is 18.7. The maximum absolute atomic E-state index is 14.0. The lowest BCUT2D eigenvalue weighted by Gasteiger charge is -2.14. The first-order valence-corrected chi connectivity index (χ1v) is 10.4. The summed E-state index contributed by atoms with van der Waals surface area (Å²) in [6.07, 6.45) is 0. The number of Topliss-reactive ketones (excluding diaryl/α,β-unsaturated/α-hetero) is 1. The number of para-hydroxylation sites is 1. The number of aromatic nitrogens is 2. The molecule has 0 aliphatic heterocycles. The molecule has 0 atom stereocenters. The molecule has 0 unspecified atom stereocenters. The number of rotatable bonds is 5. The van der Waals surface area contributed by atoms with Gasteiger partial charge in [-0.2, -0.15) is 0 Å². The SMILES string of the molecule is Cc1ccc(-n2c(SCC(=O)c3ccccc3F)nc3ccccc3c2=O)cc1C. The van der Waals surface area contributed by atoms with Crippen LogP contribution in [0.15, 0.2) is 76.7 Å². The summed E-state index contributed by atoms with van der Waals surface area (Å²) in [5.41, 5.74) is 3.23. The lowest BCUT2D eigenvalue weighted by molar-refractivity contribution is 0.101. The smallest absolute Gasteiger partial charge is 0.266 e. The molecule has 0 saturated heterocycles. The van der Waals surface area contributed by atoms with Gasteiger partial charge in [-0.25, -0.2) is 9.37 Å². The van der Waals surface area contributed by atoms with E-state index in [1.165, 1.54) is 16.7 Å². The molecule has 4 aromatic rings. The van der Waals surface area contributed by atoms with Crippen molar-refractivity contribution in [3.8, 4) is 5.69 Å². The van der Waals surface area contributed by atoms with E-state index < -0.39 is 5.82 Å². The van der Waals surface area contributed by atoms with Gasteiger partial charge in [0.25, 0.3) is 5.56 Å². The molecule has 150 valence electrons. The normalized spacial score (nSPS) is 11.0. The molecule has 1 aromatic heterocycles. The van der Waals surface area contributed by atoms with Gasteiger partial charge in [-0.05, 0) is 61.4 Å². The first-order valence-electron chi connectivity index (χ1n) is 9.45. The molecule has 0 amide bonds. The van der Waals surface area contributed by atoms with E-state index in [1.807, 2.05) is 38.1 Å². The number of thioether (sulfide) groups is 1. The van der Waals surface area contributed by atoms with Crippen molar-refractivity contribution < 1.29 is 9.18 Å². The van der Waals surface area contributed by atoms with Gasteiger partial charge in [0.2, 0.25) is 0 Å². The number of aryl methyl sites for hydroxylation is 2. The molecular weight excluding hydrogens is 399 g/mol. The van der Waals surface area contributed by atoms with Crippen LogP contribution in [0.25, 0.3) is 16.6 Å². The highest BCUT2D eigenvalue weighted by Crippen LogP contribution is 2.24. The molecule has 3 aromatic carbocycles. The van der Waals surface area contributed by atoms with Gasteiger partial charge in [-0.1, -0.05) is 42.1 Å². The zero-order valence-electron chi connectivity index (χ0n) is 16.6. The average molecular weight is 418 g/mol. The minimum absolute atomic E-state index is 0.0312. The third-order valence-corrected chi connectivity index (χ3v) is 5.94. The highest BCUT2D eigenvalue weighted by molar-refractivity contribution is 7.99. The van der Waals surface area contributed by atoms with Gasteiger partial charge in [-0.15, -0.1) is 0 Å². The van der Waals surface area contributed by atoms with Crippen molar-refractivity contribution in [3.63, 3.8) is 0 Å². The van der Waals surface area contributed by atoms with Gasteiger partial charge in [0, 0.05) is 0 Å². The average Bonchev–Trinajstić information content (AvgIpc) is 2.74. The second-order valence-corrected chi connectivity index (χ2v) is 7.95. The Hall–Kier alpha value is -3.25. The first kappa shape index (κ1) is 20.0. The maximum Gasteiger partial charge on any atom is 0.266 e. The van der Waals surface area contributed by atoms with E-state index in [9.17, 15) is 14.0 Å². The van der Waals surface area contributed by atoms with Gasteiger partial charge in [0.1, 0.15) is 5.82 Å². The Balaban J connectivity index is 1.80.